The van der Waals surface area contributed by atoms with Crippen molar-refractivity contribution in [2.24, 2.45) is 5.10 Å². The van der Waals surface area contributed by atoms with E-state index >= 15 is 0 Å². The van der Waals surface area contributed by atoms with E-state index < -0.39 is 11.9 Å². The van der Waals surface area contributed by atoms with E-state index in [-0.39, 0.29) is 11.3 Å². The van der Waals surface area contributed by atoms with E-state index in [4.69, 9.17) is 13.9 Å². The number of carboxylic acids is 1. The highest BCUT2D eigenvalue weighted by Crippen LogP contribution is 2.22. The third-order valence-corrected chi connectivity index (χ3v) is 4.05. The Bertz CT molecular complexity index is 1150. The number of carbonyl (C=O) groups excluding carboxylic acids is 1. The number of amides is 1. The normalized spacial score (nSPS) is 11.1. The monoisotopic (exact) mass is 374 g/mol. The molecule has 7 nitrogen and oxygen atoms in total. The fraction of sp³-hybridized carbons (Fsp3) is 0. The summed E-state index contributed by atoms with van der Waals surface area (Å²) in [5, 5.41) is 13.6. The number of rotatable bonds is 5. The average Bonchev–Trinajstić information content (AvgIpc) is 3.35. The summed E-state index contributed by atoms with van der Waals surface area (Å²) in [5.74, 6) is -0.302. The van der Waals surface area contributed by atoms with Crippen molar-refractivity contribution in [3.8, 4) is 11.3 Å². The highest BCUT2D eigenvalue weighted by molar-refractivity contribution is 5.96. The second kappa shape index (κ2) is 7.24. The molecule has 0 bridgehead atoms. The lowest BCUT2D eigenvalue weighted by Gasteiger charge is -1.98. The molecule has 0 aliphatic rings. The van der Waals surface area contributed by atoms with E-state index in [0.717, 1.165) is 10.9 Å². The number of hydrogen-bond donors (Lipinski definition) is 2. The minimum atomic E-state index is -0.987. The third kappa shape index (κ3) is 3.54. The number of fused-ring (bicyclic) bond motifs is 1. The summed E-state index contributed by atoms with van der Waals surface area (Å²) >= 11 is 0. The Hall–Kier alpha value is -4.13. The number of hydrogen-bond acceptors (Lipinski definition) is 5. The van der Waals surface area contributed by atoms with Gasteiger partial charge in [0.05, 0.1) is 11.8 Å². The first-order valence-corrected chi connectivity index (χ1v) is 8.36. The highest BCUT2D eigenvalue weighted by atomic mass is 16.4. The molecule has 0 atom stereocenters. The number of hydrazone groups is 1. The van der Waals surface area contributed by atoms with Crippen LogP contribution >= 0.6 is 0 Å². The Balaban J connectivity index is 1.42. The van der Waals surface area contributed by atoms with E-state index in [1.54, 1.807) is 36.4 Å². The van der Waals surface area contributed by atoms with Crippen LogP contribution in [0.2, 0.25) is 0 Å². The Morgan fingerprint density at radius 2 is 1.75 bits per heavy atom. The standard InChI is InChI=1S/C21H14N2O5/c24-20(19-11-15-3-1-2-4-17(15)28-19)23-22-12-16-9-10-18(27-16)13-5-7-14(8-6-13)21(25)26/h1-12H,(H,23,24)(H,25,26)/b22-12-. The van der Waals surface area contributed by atoms with Crippen LogP contribution in [0.1, 0.15) is 26.7 Å². The molecule has 0 radical (unpaired) electrons. The second-order valence-electron chi connectivity index (χ2n) is 5.93. The minimum absolute atomic E-state index is 0.164. The maximum absolute atomic E-state index is 12.1. The minimum Gasteiger partial charge on any atom is -0.478 e. The zero-order chi connectivity index (χ0) is 19.5. The van der Waals surface area contributed by atoms with Gasteiger partial charge in [-0.05, 0) is 36.4 Å². The quantitative estimate of drug-likeness (QED) is 0.403. The number of nitrogens with zero attached hydrogens (tertiary/aromatic N) is 1. The molecule has 138 valence electrons. The molecular weight excluding hydrogens is 360 g/mol. The van der Waals surface area contributed by atoms with Crippen LogP contribution in [-0.2, 0) is 0 Å². The first kappa shape index (κ1) is 17.3. The summed E-state index contributed by atoms with van der Waals surface area (Å²) in [6, 6.07) is 18.7. The molecule has 0 spiro atoms. The molecule has 2 aromatic heterocycles. The Morgan fingerprint density at radius 1 is 0.964 bits per heavy atom. The Morgan fingerprint density at radius 3 is 2.50 bits per heavy atom. The second-order valence-corrected chi connectivity index (χ2v) is 5.93. The van der Waals surface area contributed by atoms with Gasteiger partial charge in [-0.1, -0.05) is 30.3 Å². The van der Waals surface area contributed by atoms with Crippen molar-refractivity contribution < 1.29 is 23.5 Å². The number of furan rings is 2. The molecule has 4 aromatic rings. The van der Waals surface area contributed by atoms with Gasteiger partial charge in [-0.3, -0.25) is 4.79 Å². The molecule has 0 unspecified atom stereocenters. The van der Waals surface area contributed by atoms with Crippen LogP contribution in [-0.4, -0.2) is 23.2 Å². The number of para-hydroxylation sites is 1. The van der Waals surface area contributed by atoms with Gasteiger partial charge in [0.1, 0.15) is 17.1 Å². The summed E-state index contributed by atoms with van der Waals surface area (Å²) < 4.78 is 11.1. The van der Waals surface area contributed by atoms with Crippen molar-refractivity contribution >= 4 is 29.1 Å². The van der Waals surface area contributed by atoms with Crippen molar-refractivity contribution in [1.29, 1.82) is 0 Å². The van der Waals surface area contributed by atoms with Crippen molar-refractivity contribution in [3.05, 3.63) is 83.8 Å². The van der Waals surface area contributed by atoms with Gasteiger partial charge in [0.2, 0.25) is 0 Å². The molecule has 0 saturated heterocycles. The number of benzene rings is 2. The van der Waals surface area contributed by atoms with E-state index in [2.05, 4.69) is 10.5 Å². The molecule has 2 N–H and O–H groups in total. The molecule has 2 heterocycles. The molecule has 7 heteroatoms. The zero-order valence-electron chi connectivity index (χ0n) is 14.5. The Labute approximate surface area is 158 Å². The van der Waals surface area contributed by atoms with Gasteiger partial charge in [-0.2, -0.15) is 5.10 Å². The van der Waals surface area contributed by atoms with Gasteiger partial charge >= 0.3 is 11.9 Å². The van der Waals surface area contributed by atoms with E-state index in [0.29, 0.717) is 17.1 Å². The SMILES string of the molecule is O=C(O)c1ccc(-c2ccc(/C=N\NC(=O)c3cc4ccccc4o3)o2)cc1. The molecular formula is C21H14N2O5. The molecule has 0 aliphatic carbocycles. The summed E-state index contributed by atoms with van der Waals surface area (Å²) in [6.07, 6.45) is 1.37. The summed E-state index contributed by atoms with van der Waals surface area (Å²) in [6.45, 7) is 0. The number of carbonyl (C=O) groups is 2. The van der Waals surface area contributed by atoms with Crippen LogP contribution in [0.5, 0.6) is 0 Å². The molecule has 28 heavy (non-hydrogen) atoms. The molecule has 0 aliphatic heterocycles. The Kier molecular flexibility index (Phi) is 4.47. The maximum Gasteiger partial charge on any atom is 0.335 e. The molecule has 4 rings (SSSR count). The largest absolute Gasteiger partial charge is 0.478 e. The topological polar surface area (TPSA) is 105 Å². The van der Waals surface area contributed by atoms with Crippen molar-refractivity contribution in [1.82, 2.24) is 5.43 Å². The van der Waals surface area contributed by atoms with Crippen molar-refractivity contribution in [3.63, 3.8) is 0 Å². The fourth-order valence-corrected chi connectivity index (χ4v) is 2.66. The van der Waals surface area contributed by atoms with Gasteiger partial charge in [0, 0.05) is 10.9 Å². The van der Waals surface area contributed by atoms with Crippen LogP contribution in [0, 0.1) is 0 Å². The third-order valence-electron chi connectivity index (χ3n) is 4.05. The molecule has 0 saturated carbocycles. The lowest BCUT2D eigenvalue weighted by molar-refractivity contribution is 0.0696. The van der Waals surface area contributed by atoms with E-state index in [1.165, 1.54) is 18.3 Å². The van der Waals surface area contributed by atoms with Crippen molar-refractivity contribution in [2.45, 2.75) is 0 Å². The van der Waals surface area contributed by atoms with Gasteiger partial charge in [0.15, 0.2) is 5.76 Å². The van der Waals surface area contributed by atoms with Gasteiger partial charge < -0.3 is 13.9 Å². The summed E-state index contributed by atoms with van der Waals surface area (Å²) in [7, 11) is 0. The predicted molar refractivity (Wildman–Crippen MR) is 102 cm³/mol. The molecule has 1 amide bonds. The first-order chi connectivity index (χ1) is 13.6. The first-order valence-electron chi connectivity index (χ1n) is 8.36. The van der Waals surface area contributed by atoms with Gasteiger partial charge in [0.25, 0.3) is 0 Å². The van der Waals surface area contributed by atoms with Crippen LogP contribution in [0.15, 0.2) is 80.7 Å². The van der Waals surface area contributed by atoms with Gasteiger partial charge in [-0.15, -0.1) is 0 Å². The van der Waals surface area contributed by atoms with Crippen LogP contribution in [0.25, 0.3) is 22.3 Å². The number of carboxylic acid groups (broad SMARTS) is 1. The van der Waals surface area contributed by atoms with Crippen LogP contribution in [0.4, 0.5) is 0 Å². The lowest BCUT2D eigenvalue weighted by Crippen LogP contribution is -2.16. The molecule has 2 aromatic carbocycles. The zero-order valence-corrected chi connectivity index (χ0v) is 14.5. The maximum atomic E-state index is 12.1. The lowest BCUT2D eigenvalue weighted by atomic mass is 10.1. The van der Waals surface area contributed by atoms with Crippen molar-refractivity contribution in [2.75, 3.05) is 0 Å². The number of nitrogens with one attached hydrogen (secondary N) is 1. The number of aromatic carboxylic acids is 1. The highest BCUT2D eigenvalue weighted by Gasteiger charge is 2.11. The van der Waals surface area contributed by atoms with Gasteiger partial charge in [-0.25, -0.2) is 10.2 Å². The summed E-state index contributed by atoms with van der Waals surface area (Å²) in [5.41, 5.74) is 3.95. The summed E-state index contributed by atoms with van der Waals surface area (Å²) in [4.78, 5) is 23.0. The van der Waals surface area contributed by atoms with Crippen LogP contribution < -0.4 is 5.43 Å². The smallest absolute Gasteiger partial charge is 0.335 e. The van der Waals surface area contributed by atoms with E-state index in [9.17, 15) is 9.59 Å². The molecule has 0 fully saturated rings. The average molecular weight is 374 g/mol. The predicted octanol–water partition coefficient (Wildman–Crippen LogP) is 4.15. The van der Waals surface area contributed by atoms with Crippen LogP contribution in [0.3, 0.4) is 0 Å². The fourth-order valence-electron chi connectivity index (χ4n) is 2.66. The van der Waals surface area contributed by atoms with E-state index in [1.807, 2.05) is 18.2 Å².